The Labute approximate surface area is 171 Å². The average molecular weight is 402 g/mol. The van der Waals surface area contributed by atoms with Gasteiger partial charge in [0.2, 0.25) is 17.7 Å². The molecule has 7 heteroatoms. The van der Waals surface area contributed by atoms with Crippen molar-refractivity contribution in [1.29, 1.82) is 0 Å². The van der Waals surface area contributed by atoms with E-state index in [1.165, 1.54) is 4.90 Å². The summed E-state index contributed by atoms with van der Waals surface area (Å²) in [5.74, 6) is 0.673. The number of carbonyl (C=O) groups is 3. The van der Waals surface area contributed by atoms with Crippen LogP contribution in [0.15, 0.2) is 18.2 Å². The monoisotopic (exact) mass is 402 g/mol. The standard InChI is InChI=1S/C22H30N2O5/c1-4-23(14-15-9-10-18(28-2)19(13-15)29-3)20(25)11-12-24-21(26)16-7-5-6-8-17(16)22(24)27/h9-10,13,16-17H,4-8,11-12,14H2,1-3H3/t16-,17+. The molecule has 1 heterocycles. The fourth-order valence-electron chi connectivity index (χ4n) is 4.39. The first kappa shape index (κ1) is 21.1. The van der Waals surface area contributed by atoms with Gasteiger partial charge in [-0.15, -0.1) is 0 Å². The Morgan fingerprint density at radius 3 is 2.24 bits per heavy atom. The molecule has 1 aromatic carbocycles. The molecule has 0 unspecified atom stereocenters. The van der Waals surface area contributed by atoms with E-state index >= 15 is 0 Å². The van der Waals surface area contributed by atoms with Gasteiger partial charge in [-0.1, -0.05) is 18.9 Å². The maximum Gasteiger partial charge on any atom is 0.233 e. The third kappa shape index (κ3) is 4.38. The van der Waals surface area contributed by atoms with Gasteiger partial charge in [0.15, 0.2) is 11.5 Å². The van der Waals surface area contributed by atoms with E-state index in [2.05, 4.69) is 0 Å². The Hall–Kier alpha value is -2.57. The summed E-state index contributed by atoms with van der Waals surface area (Å²) in [6, 6.07) is 5.57. The Morgan fingerprint density at radius 2 is 1.69 bits per heavy atom. The maximum absolute atomic E-state index is 12.8. The van der Waals surface area contributed by atoms with E-state index in [0.717, 1.165) is 31.2 Å². The molecule has 1 aliphatic heterocycles. The molecule has 0 bridgehead atoms. The number of ether oxygens (including phenoxy) is 2. The summed E-state index contributed by atoms with van der Waals surface area (Å²) in [6.45, 7) is 3.06. The quantitative estimate of drug-likeness (QED) is 0.625. The topological polar surface area (TPSA) is 76.2 Å². The van der Waals surface area contributed by atoms with Crippen LogP contribution in [-0.2, 0) is 20.9 Å². The molecule has 29 heavy (non-hydrogen) atoms. The fraction of sp³-hybridized carbons (Fsp3) is 0.591. The second-order valence-corrected chi connectivity index (χ2v) is 7.67. The zero-order chi connectivity index (χ0) is 21.0. The molecule has 0 aromatic heterocycles. The van der Waals surface area contributed by atoms with Crippen LogP contribution in [-0.4, -0.2) is 54.8 Å². The number of benzene rings is 1. The molecule has 1 saturated heterocycles. The lowest BCUT2D eigenvalue weighted by Gasteiger charge is -2.23. The molecular weight excluding hydrogens is 372 g/mol. The number of carbonyl (C=O) groups excluding carboxylic acids is 3. The van der Waals surface area contributed by atoms with Gasteiger partial charge in [0.1, 0.15) is 0 Å². The number of methoxy groups -OCH3 is 2. The van der Waals surface area contributed by atoms with Crippen molar-refractivity contribution in [1.82, 2.24) is 9.80 Å². The third-order valence-electron chi connectivity index (χ3n) is 6.04. The highest BCUT2D eigenvalue weighted by Crippen LogP contribution is 2.38. The van der Waals surface area contributed by atoms with Gasteiger partial charge in [-0.25, -0.2) is 0 Å². The van der Waals surface area contributed by atoms with Crippen molar-refractivity contribution in [3.05, 3.63) is 23.8 Å². The lowest BCUT2D eigenvalue weighted by molar-refractivity contribution is -0.141. The maximum atomic E-state index is 12.8. The minimum atomic E-state index is -0.166. The number of imide groups is 1. The van der Waals surface area contributed by atoms with Gasteiger partial charge in [0, 0.05) is 26.1 Å². The van der Waals surface area contributed by atoms with Gasteiger partial charge in [-0.3, -0.25) is 19.3 Å². The van der Waals surface area contributed by atoms with Crippen LogP contribution in [0.1, 0.15) is 44.6 Å². The van der Waals surface area contributed by atoms with Crippen molar-refractivity contribution in [2.45, 2.75) is 45.6 Å². The van der Waals surface area contributed by atoms with Gasteiger partial charge in [-0.05, 0) is 37.5 Å². The van der Waals surface area contributed by atoms with E-state index in [0.29, 0.717) is 24.6 Å². The number of rotatable bonds is 8. The fourth-order valence-corrected chi connectivity index (χ4v) is 4.39. The van der Waals surface area contributed by atoms with Crippen molar-refractivity contribution in [3.63, 3.8) is 0 Å². The smallest absolute Gasteiger partial charge is 0.233 e. The van der Waals surface area contributed by atoms with Crippen LogP contribution in [0.4, 0.5) is 0 Å². The largest absolute Gasteiger partial charge is 0.493 e. The van der Waals surface area contributed by atoms with Crippen LogP contribution in [0.5, 0.6) is 11.5 Å². The van der Waals surface area contributed by atoms with Gasteiger partial charge < -0.3 is 14.4 Å². The van der Waals surface area contributed by atoms with E-state index in [1.807, 2.05) is 25.1 Å². The van der Waals surface area contributed by atoms with E-state index < -0.39 is 0 Å². The van der Waals surface area contributed by atoms with E-state index in [1.54, 1.807) is 19.1 Å². The predicted molar refractivity (Wildman–Crippen MR) is 107 cm³/mol. The highest BCUT2D eigenvalue weighted by atomic mass is 16.5. The number of fused-ring (bicyclic) bond motifs is 1. The molecule has 2 aliphatic rings. The highest BCUT2D eigenvalue weighted by Gasteiger charge is 2.47. The van der Waals surface area contributed by atoms with E-state index in [9.17, 15) is 14.4 Å². The summed E-state index contributed by atoms with van der Waals surface area (Å²) in [4.78, 5) is 41.0. The van der Waals surface area contributed by atoms with Crippen molar-refractivity contribution >= 4 is 17.7 Å². The summed E-state index contributed by atoms with van der Waals surface area (Å²) in [5.41, 5.74) is 0.928. The van der Waals surface area contributed by atoms with Crippen molar-refractivity contribution < 1.29 is 23.9 Å². The van der Waals surface area contributed by atoms with Gasteiger partial charge in [0.05, 0.1) is 26.1 Å². The molecule has 2 atom stereocenters. The molecule has 2 fully saturated rings. The third-order valence-corrected chi connectivity index (χ3v) is 6.04. The summed E-state index contributed by atoms with van der Waals surface area (Å²) < 4.78 is 10.6. The summed E-state index contributed by atoms with van der Waals surface area (Å²) >= 11 is 0. The second-order valence-electron chi connectivity index (χ2n) is 7.67. The first-order valence-electron chi connectivity index (χ1n) is 10.3. The Balaban J connectivity index is 1.60. The summed E-state index contributed by atoms with van der Waals surface area (Å²) in [7, 11) is 3.16. The van der Waals surface area contributed by atoms with Crippen molar-refractivity contribution in [3.8, 4) is 11.5 Å². The minimum absolute atomic E-state index is 0.0715. The molecule has 7 nitrogen and oxygen atoms in total. The van der Waals surface area contributed by atoms with Crippen LogP contribution >= 0.6 is 0 Å². The van der Waals surface area contributed by atoms with Crippen LogP contribution in [0.25, 0.3) is 0 Å². The SMILES string of the molecule is CCN(Cc1ccc(OC)c(OC)c1)C(=O)CCN1C(=O)[C@H]2CCCC[C@H]2C1=O. The number of hydrogen-bond donors (Lipinski definition) is 0. The number of amides is 3. The summed E-state index contributed by atoms with van der Waals surface area (Å²) in [6.07, 6.45) is 3.74. The number of nitrogens with zero attached hydrogens (tertiary/aromatic N) is 2. The second kappa shape index (κ2) is 9.29. The number of likely N-dealkylation sites (tertiary alicyclic amines) is 1. The molecule has 1 aromatic rings. The number of hydrogen-bond acceptors (Lipinski definition) is 5. The van der Waals surface area contributed by atoms with Crippen LogP contribution in [0.2, 0.25) is 0 Å². The zero-order valence-electron chi connectivity index (χ0n) is 17.5. The minimum Gasteiger partial charge on any atom is -0.493 e. The van der Waals surface area contributed by atoms with Gasteiger partial charge in [-0.2, -0.15) is 0 Å². The molecule has 0 N–H and O–H groups in total. The zero-order valence-corrected chi connectivity index (χ0v) is 17.5. The van der Waals surface area contributed by atoms with Crippen LogP contribution < -0.4 is 9.47 Å². The van der Waals surface area contributed by atoms with Gasteiger partial charge in [0.25, 0.3) is 0 Å². The Bertz CT molecular complexity index is 754. The average Bonchev–Trinajstić information content (AvgIpc) is 3.00. The van der Waals surface area contributed by atoms with Gasteiger partial charge >= 0.3 is 0 Å². The first-order chi connectivity index (χ1) is 14.0. The molecule has 158 valence electrons. The summed E-state index contributed by atoms with van der Waals surface area (Å²) in [5, 5.41) is 0. The van der Waals surface area contributed by atoms with Crippen molar-refractivity contribution in [2.24, 2.45) is 11.8 Å². The van der Waals surface area contributed by atoms with Crippen LogP contribution in [0, 0.1) is 11.8 Å². The first-order valence-corrected chi connectivity index (χ1v) is 10.3. The van der Waals surface area contributed by atoms with Crippen molar-refractivity contribution in [2.75, 3.05) is 27.3 Å². The Morgan fingerprint density at radius 1 is 1.07 bits per heavy atom. The lowest BCUT2D eigenvalue weighted by Crippen LogP contribution is -2.37. The molecule has 0 radical (unpaired) electrons. The van der Waals surface area contributed by atoms with E-state index in [-0.39, 0.29) is 42.5 Å². The molecule has 0 spiro atoms. The highest BCUT2D eigenvalue weighted by molar-refractivity contribution is 6.05. The molecule has 1 saturated carbocycles. The molecule has 3 rings (SSSR count). The Kier molecular flexibility index (Phi) is 6.77. The van der Waals surface area contributed by atoms with E-state index in [4.69, 9.17) is 9.47 Å². The normalized spacial score (nSPS) is 21.1. The molecular formula is C22H30N2O5. The predicted octanol–water partition coefficient (Wildman–Crippen LogP) is 2.62. The molecule has 1 aliphatic carbocycles. The lowest BCUT2D eigenvalue weighted by atomic mass is 9.81. The molecule has 3 amide bonds. The van der Waals surface area contributed by atoms with Crippen LogP contribution in [0.3, 0.4) is 0 Å².